The molecule has 6 nitrogen and oxygen atoms in total. The number of benzene rings is 2. The second-order valence-electron chi connectivity index (χ2n) is 7.47. The summed E-state index contributed by atoms with van der Waals surface area (Å²) in [5.41, 5.74) is 1.62. The number of carboxylic acid groups (broad SMARTS) is 1. The Labute approximate surface area is 176 Å². The Kier molecular flexibility index (Phi) is 4.94. The van der Waals surface area contributed by atoms with Gasteiger partial charge in [0.05, 0.1) is 16.8 Å². The van der Waals surface area contributed by atoms with Crippen LogP contribution in [0.25, 0.3) is 10.9 Å². The summed E-state index contributed by atoms with van der Waals surface area (Å²) < 4.78 is 40.8. The number of sulfone groups is 1. The number of halogens is 2. The van der Waals surface area contributed by atoms with E-state index >= 15 is 0 Å². The third-order valence-electron chi connectivity index (χ3n) is 5.30. The van der Waals surface area contributed by atoms with Crippen LogP contribution in [0.5, 0.6) is 0 Å². The van der Waals surface area contributed by atoms with Gasteiger partial charge in [-0.25, -0.2) is 12.8 Å². The van der Waals surface area contributed by atoms with Crippen LogP contribution in [0.15, 0.2) is 41.3 Å². The van der Waals surface area contributed by atoms with Crippen LogP contribution in [-0.4, -0.2) is 36.1 Å². The quantitative estimate of drug-likeness (QED) is 0.634. The summed E-state index contributed by atoms with van der Waals surface area (Å²) in [6.07, 6.45) is 0.674. The number of ketones is 1. The van der Waals surface area contributed by atoms with Gasteiger partial charge < -0.3 is 9.67 Å². The Hall–Kier alpha value is -2.71. The lowest BCUT2D eigenvalue weighted by Crippen LogP contribution is -2.12. The number of nitrogens with zero attached hydrogens (tertiary/aromatic N) is 1. The van der Waals surface area contributed by atoms with Crippen molar-refractivity contribution in [1.82, 2.24) is 4.57 Å². The standard InChI is InChI=1S/C21H17ClFNO5S/c1-30(28,29)17-9-14(23)8-15-19-16(25)6-12(7-18(26)27)20(19)24(21(15)17)10-11-2-4-13(22)5-3-11/h2-5,8-9,12H,6-7,10H2,1H3,(H,26,27)/t12-/m1/s1. The highest BCUT2D eigenvalue weighted by atomic mass is 35.5. The van der Waals surface area contributed by atoms with Crippen molar-refractivity contribution in [1.29, 1.82) is 0 Å². The van der Waals surface area contributed by atoms with Gasteiger partial charge in [0.2, 0.25) is 0 Å². The predicted octanol–water partition coefficient (Wildman–Crippen LogP) is 4.03. The van der Waals surface area contributed by atoms with Crippen LogP contribution >= 0.6 is 11.6 Å². The van der Waals surface area contributed by atoms with Crippen LogP contribution in [0.4, 0.5) is 4.39 Å². The van der Waals surface area contributed by atoms with Crippen LogP contribution in [0, 0.1) is 5.82 Å². The molecule has 0 radical (unpaired) electrons. The third-order valence-corrected chi connectivity index (χ3v) is 6.66. The fourth-order valence-corrected chi connectivity index (χ4v) is 5.20. The average Bonchev–Trinajstić information content (AvgIpc) is 3.11. The molecule has 4 rings (SSSR count). The fraction of sp³-hybridized carbons (Fsp3) is 0.238. The van der Waals surface area contributed by atoms with E-state index in [1.807, 2.05) is 0 Å². The van der Waals surface area contributed by atoms with E-state index in [0.717, 1.165) is 24.0 Å². The van der Waals surface area contributed by atoms with E-state index in [1.165, 1.54) is 0 Å². The fourth-order valence-electron chi connectivity index (χ4n) is 4.18. The summed E-state index contributed by atoms with van der Waals surface area (Å²) in [5.74, 6) is -2.79. The number of hydrogen-bond donors (Lipinski definition) is 1. The number of Topliss-reactive ketones (excluding diaryl/α,β-unsaturated/α-hetero) is 1. The molecule has 0 unspecified atom stereocenters. The van der Waals surface area contributed by atoms with Gasteiger partial charge in [-0.15, -0.1) is 0 Å². The van der Waals surface area contributed by atoms with Gasteiger partial charge in [-0.1, -0.05) is 23.7 Å². The summed E-state index contributed by atoms with van der Waals surface area (Å²) in [5, 5.41) is 10.0. The average molecular weight is 450 g/mol. The number of aliphatic carboxylic acids is 1. The van der Waals surface area contributed by atoms with Gasteiger partial charge in [0.15, 0.2) is 15.6 Å². The number of fused-ring (bicyclic) bond motifs is 3. The van der Waals surface area contributed by atoms with E-state index in [9.17, 15) is 27.5 Å². The molecule has 30 heavy (non-hydrogen) atoms. The molecule has 0 spiro atoms. The highest BCUT2D eigenvalue weighted by Crippen LogP contribution is 2.44. The van der Waals surface area contributed by atoms with Crippen LogP contribution in [0.3, 0.4) is 0 Å². The minimum atomic E-state index is -3.83. The molecule has 0 saturated carbocycles. The molecule has 0 amide bonds. The van der Waals surface area contributed by atoms with Gasteiger partial charge in [-0.2, -0.15) is 0 Å². The van der Waals surface area contributed by atoms with E-state index in [1.54, 1.807) is 28.8 Å². The summed E-state index contributed by atoms with van der Waals surface area (Å²) in [7, 11) is -3.83. The number of carbonyl (C=O) groups is 2. The van der Waals surface area contributed by atoms with Crippen molar-refractivity contribution >= 4 is 44.1 Å². The first kappa shape index (κ1) is 20.6. The number of rotatable bonds is 5. The Morgan fingerprint density at radius 2 is 1.93 bits per heavy atom. The van der Waals surface area contributed by atoms with Crippen LogP contribution in [-0.2, 0) is 21.2 Å². The van der Waals surface area contributed by atoms with E-state index < -0.39 is 27.5 Å². The van der Waals surface area contributed by atoms with Gasteiger partial charge in [0.1, 0.15) is 5.82 Å². The van der Waals surface area contributed by atoms with E-state index in [0.29, 0.717) is 10.7 Å². The van der Waals surface area contributed by atoms with Crippen molar-refractivity contribution in [3.63, 3.8) is 0 Å². The van der Waals surface area contributed by atoms with Crippen LogP contribution in [0.1, 0.15) is 40.4 Å². The molecular formula is C21H17ClFNO5S. The molecule has 1 heterocycles. The molecule has 2 aromatic carbocycles. The highest BCUT2D eigenvalue weighted by molar-refractivity contribution is 7.91. The molecule has 1 aliphatic rings. The van der Waals surface area contributed by atoms with Gasteiger partial charge in [-0.3, -0.25) is 9.59 Å². The second kappa shape index (κ2) is 7.21. The van der Waals surface area contributed by atoms with Gasteiger partial charge in [0, 0.05) is 46.8 Å². The molecule has 1 aliphatic carbocycles. The SMILES string of the molecule is CS(=O)(=O)c1cc(F)cc2c3c(n(Cc4ccc(Cl)cc4)c12)[C@@H](CC(=O)O)CC3=O. The zero-order chi connectivity index (χ0) is 21.8. The zero-order valence-electron chi connectivity index (χ0n) is 15.9. The molecule has 3 aromatic rings. The van der Waals surface area contributed by atoms with E-state index in [2.05, 4.69) is 0 Å². The molecule has 9 heteroatoms. The molecular weight excluding hydrogens is 433 g/mol. The van der Waals surface area contributed by atoms with Crippen molar-refractivity contribution in [3.8, 4) is 0 Å². The van der Waals surface area contributed by atoms with Crippen molar-refractivity contribution in [2.75, 3.05) is 6.26 Å². The monoisotopic (exact) mass is 449 g/mol. The van der Waals surface area contributed by atoms with Gasteiger partial charge in [-0.05, 0) is 29.8 Å². The van der Waals surface area contributed by atoms with E-state index in [4.69, 9.17) is 11.6 Å². The molecule has 0 bridgehead atoms. The maximum Gasteiger partial charge on any atom is 0.304 e. The first-order valence-corrected chi connectivity index (χ1v) is 11.4. The molecule has 156 valence electrons. The maximum atomic E-state index is 14.3. The molecule has 0 saturated heterocycles. The topological polar surface area (TPSA) is 93.4 Å². The number of carbonyl (C=O) groups excluding carboxylic acids is 1. The van der Waals surface area contributed by atoms with Crippen molar-refractivity contribution < 1.29 is 27.5 Å². The van der Waals surface area contributed by atoms with Crippen LogP contribution < -0.4 is 0 Å². The second-order valence-corrected chi connectivity index (χ2v) is 9.89. The largest absolute Gasteiger partial charge is 0.481 e. The number of carboxylic acids is 1. The first-order valence-electron chi connectivity index (χ1n) is 9.11. The summed E-state index contributed by atoms with van der Waals surface area (Å²) in [6, 6.07) is 8.95. The zero-order valence-corrected chi connectivity index (χ0v) is 17.4. The van der Waals surface area contributed by atoms with E-state index in [-0.39, 0.29) is 46.5 Å². The molecule has 0 aliphatic heterocycles. The predicted molar refractivity (Wildman–Crippen MR) is 110 cm³/mol. The molecule has 0 fully saturated rings. The van der Waals surface area contributed by atoms with Crippen molar-refractivity contribution in [2.24, 2.45) is 0 Å². The van der Waals surface area contributed by atoms with Crippen LogP contribution in [0.2, 0.25) is 5.02 Å². The summed E-state index contributed by atoms with van der Waals surface area (Å²) in [6.45, 7) is 0.181. The van der Waals surface area contributed by atoms with Crippen molar-refractivity contribution in [2.45, 2.75) is 30.2 Å². The lowest BCUT2D eigenvalue weighted by Gasteiger charge is -2.16. The summed E-state index contributed by atoms with van der Waals surface area (Å²) >= 11 is 5.95. The third kappa shape index (κ3) is 3.50. The lowest BCUT2D eigenvalue weighted by atomic mass is 10.0. The molecule has 1 atom stereocenters. The molecule has 1 aromatic heterocycles. The normalized spacial score (nSPS) is 16.2. The lowest BCUT2D eigenvalue weighted by molar-refractivity contribution is -0.137. The maximum absolute atomic E-state index is 14.3. The Balaban J connectivity index is 2.07. The minimum Gasteiger partial charge on any atom is -0.481 e. The number of aromatic nitrogens is 1. The van der Waals surface area contributed by atoms with Crippen molar-refractivity contribution in [3.05, 3.63) is 64.1 Å². The highest BCUT2D eigenvalue weighted by Gasteiger charge is 2.38. The smallest absolute Gasteiger partial charge is 0.304 e. The summed E-state index contributed by atoms with van der Waals surface area (Å²) in [4.78, 5) is 23.9. The van der Waals surface area contributed by atoms with Gasteiger partial charge >= 0.3 is 5.97 Å². The minimum absolute atomic E-state index is 0.0156. The Morgan fingerprint density at radius 3 is 2.53 bits per heavy atom. The first-order chi connectivity index (χ1) is 14.1. The Bertz CT molecular complexity index is 1310. The Morgan fingerprint density at radius 1 is 1.27 bits per heavy atom. The number of hydrogen-bond acceptors (Lipinski definition) is 4. The molecule has 1 N–H and O–H groups in total. The van der Waals surface area contributed by atoms with Gasteiger partial charge in [0.25, 0.3) is 0 Å².